The first kappa shape index (κ1) is 15.9. The maximum Gasteiger partial charge on any atom is 0.0504 e. The lowest BCUT2D eigenvalue weighted by Crippen LogP contribution is -2.20. The first-order chi connectivity index (χ1) is 8.12. The van der Waals surface area contributed by atoms with Gasteiger partial charge in [-0.3, -0.25) is 0 Å². The van der Waals surface area contributed by atoms with Crippen LogP contribution >= 0.6 is 0 Å². The normalized spacial score (nSPS) is 15.3. The SMILES string of the molecule is C1=CCC=C1.C1=CCC=C1.CC(C)(CO)CO. The molecular formula is C15H24O2. The molecule has 0 spiro atoms. The molecule has 0 amide bonds. The van der Waals surface area contributed by atoms with Crippen molar-refractivity contribution in [2.45, 2.75) is 26.7 Å². The zero-order chi connectivity index (χ0) is 13.0. The van der Waals surface area contributed by atoms with Gasteiger partial charge in [0.2, 0.25) is 0 Å². The molecule has 0 heterocycles. The van der Waals surface area contributed by atoms with Crippen molar-refractivity contribution in [2.24, 2.45) is 5.41 Å². The van der Waals surface area contributed by atoms with Crippen molar-refractivity contribution in [3.63, 3.8) is 0 Å². The molecule has 0 saturated heterocycles. The van der Waals surface area contributed by atoms with Crippen LogP contribution in [0.5, 0.6) is 0 Å². The highest BCUT2D eigenvalue weighted by Crippen LogP contribution is 2.10. The van der Waals surface area contributed by atoms with Crippen molar-refractivity contribution in [1.82, 2.24) is 0 Å². The quantitative estimate of drug-likeness (QED) is 0.773. The lowest BCUT2D eigenvalue weighted by Gasteiger charge is -2.16. The fourth-order valence-corrected chi connectivity index (χ4v) is 0.836. The summed E-state index contributed by atoms with van der Waals surface area (Å²) in [5.41, 5.74) is -0.306. The molecule has 0 aromatic heterocycles. The second-order valence-corrected chi connectivity index (χ2v) is 4.66. The zero-order valence-electron chi connectivity index (χ0n) is 10.8. The minimum atomic E-state index is -0.306. The van der Waals surface area contributed by atoms with Gasteiger partial charge in [-0.2, -0.15) is 0 Å². The first-order valence-corrected chi connectivity index (χ1v) is 5.97. The van der Waals surface area contributed by atoms with Crippen molar-refractivity contribution in [1.29, 1.82) is 0 Å². The Bertz CT molecular complexity index is 235. The van der Waals surface area contributed by atoms with Crippen LogP contribution in [0.1, 0.15) is 26.7 Å². The molecule has 0 bridgehead atoms. The van der Waals surface area contributed by atoms with Crippen molar-refractivity contribution in [3.8, 4) is 0 Å². The van der Waals surface area contributed by atoms with Crippen molar-refractivity contribution in [2.75, 3.05) is 13.2 Å². The van der Waals surface area contributed by atoms with Gasteiger partial charge < -0.3 is 10.2 Å². The molecule has 0 saturated carbocycles. The van der Waals surface area contributed by atoms with Gasteiger partial charge in [-0.05, 0) is 12.8 Å². The third-order valence-electron chi connectivity index (χ3n) is 2.17. The van der Waals surface area contributed by atoms with E-state index in [1.807, 2.05) is 0 Å². The Morgan fingerprint density at radius 1 is 0.765 bits per heavy atom. The molecule has 0 aliphatic heterocycles. The zero-order valence-corrected chi connectivity index (χ0v) is 10.8. The summed E-state index contributed by atoms with van der Waals surface area (Å²) in [6, 6.07) is 0. The third kappa shape index (κ3) is 11.1. The molecule has 2 N–H and O–H groups in total. The fourth-order valence-electron chi connectivity index (χ4n) is 0.836. The molecule has 17 heavy (non-hydrogen) atoms. The predicted molar refractivity (Wildman–Crippen MR) is 73.7 cm³/mol. The Hall–Kier alpha value is -1.12. The second-order valence-electron chi connectivity index (χ2n) is 4.66. The molecule has 2 nitrogen and oxygen atoms in total. The van der Waals surface area contributed by atoms with E-state index in [-0.39, 0.29) is 18.6 Å². The van der Waals surface area contributed by atoms with Gasteiger partial charge >= 0.3 is 0 Å². The summed E-state index contributed by atoms with van der Waals surface area (Å²) in [7, 11) is 0. The van der Waals surface area contributed by atoms with Crippen LogP contribution < -0.4 is 0 Å². The first-order valence-electron chi connectivity index (χ1n) is 5.97. The van der Waals surface area contributed by atoms with Crippen molar-refractivity contribution < 1.29 is 10.2 Å². The highest BCUT2D eigenvalue weighted by molar-refractivity contribution is 5.12. The van der Waals surface area contributed by atoms with Gasteiger partial charge in [-0.15, -0.1) is 0 Å². The largest absolute Gasteiger partial charge is 0.396 e. The topological polar surface area (TPSA) is 40.5 Å². The summed E-state index contributed by atoms with van der Waals surface area (Å²) in [5.74, 6) is 0. The van der Waals surface area contributed by atoms with Crippen LogP contribution in [-0.4, -0.2) is 23.4 Å². The Balaban J connectivity index is 0.000000229. The summed E-state index contributed by atoms with van der Waals surface area (Å²) in [6.45, 7) is 3.69. The maximum absolute atomic E-state index is 8.43. The molecular weight excluding hydrogens is 212 g/mol. The van der Waals surface area contributed by atoms with Crippen LogP contribution in [0.3, 0.4) is 0 Å². The average molecular weight is 236 g/mol. The molecule has 0 fully saturated rings. The molecule has 0 unspecified atom stereocenters. The Morgan fingerprint density at radius 2 is 1.06 bits per heavy atom. The standard InChI is InChI=1S/C5H12O2.2C5H6/c1-5(2,3-6)4-7;2*1-2-4-5-3-1/h6-7H,3-4H2,1-2H3;2*1-4H,5H2. The Kier molecular flexibility index (Phi) is 9.40. The van der Waals surface area contributed by atoms with Gasteiger partial charge in [0.15, 0.2) is 0 Å². The van der Waals surface area contributed by atoms with Crippen molar-refractivity contribution >= 4 is 0 Å². The van der Waals surface area contributed by atoms with Crippen molar-refractivity contribution in [3.05, 3.63) is 48.6 Å². The average Bonchev–Trinajstić information content (AvgIpc) is 3.06. The summed E-state index contributed by atoms with van der Waals surface area (Å²) < 4.78 is 0. The molecule has 0 atom stereocenters. The number of allylic oxidation sites excluding steroid dienone is 8. The summed E-state index contributed by atoms with van der Waals surface area (Å²) in [5, 5.41) is 16.9. The van der Waals surface area contributed by atoms with E-state index in [4.69, 9.17) is 10.2 Å². The summed E-state index contributed by atoms with van der Waals surface area (Å²) in [6.07, 6.45) is 19.0. The van der Waals surface area contributed by atoms with Gasteiger partial charge in [0, 0.05) is 5.41 Å². The smallest absolute Gasteiger partial charge is 0.0504 e. The van der Waals surface area contributed by atoms with Crippen LogP contribution in [0.25, 0.3) is 0 Å². The molecule has 2 aliphatic rings. The molecule has 96 valence electrons. The summed E-state index contributed by atoms with van der Waals surface area (Å²) in [4.78, 5) is 0. The molecule has 2 heteroatoms. The lowest BCUT2D eigenvalue weighted by molar-refractivity contribution is 0.0857. The Labute approximate surface area is 105 Å². The number of aliphatic hydroxyl groups is 2. The maximum atomic E-state index is 8.43. The van der Waals surface area contributed by atoms with E-state index in [0.717, 1.165) is 12.8 Å². The van der Waals surface area contributed by atoms with E-state index in [1.165, 1.54) is 0 Å². The summed E-state index contributed by atoms with van der Waals surface area (Å²) >= 11 is 0. The van der Waals surface area contributed by atoms with E-state index in [2.05, 4.69) is 48.6 Å². The van der Waals surface area contributed by atoms with Gasteiger partial charge in [-0.25, -0.2) is 0 Å². The van der Waals surface area contributed by atoms with Gasteiger partial charge in [0.05, 0.1) is 13.2 Å². The van der Waals surface area contributed by atoms with E-state index in [9.17, 15) is 0 Å². The minimum Gasteiger partial charge on any atom is -0.396 e. The van der Waals surface area contributed by atoms with E-state index >= 15 is 0 Å². The van der Waals surface area contributed by atoms with Gasteiger partial charge in [-0.1, -0.05) is 62.5 Å². The van der Waals surface area contributed by atoms with Crippen LogP contribution in [-0.2, 0) is 0 Å². The Morgan fingerprint density at radius 3 is 1.12 bits per heavy atom. The highest BCUT2D eigenvalue weighted by Gasteiger charge is 2.13. The minimum absolute atomic E-state index is 0.0451. The molecule has 0 aromatic carbocycles. The number of hydrogen-bond donors (Lipinski definition) is 2. The van der Waals surface area contributed by atoms with Gasteiger partial charge in [0.25, 0.3) is 0 Å². The third-order valence-corrected chi connectivity index (χ3v) is 2.17. The molecule has 2 rings (SSSR count). The lowest BCUT2D eigenvalue weighted by atomic mass is 9.97. The van der Waals surface area contributed by atoms with E-state index in [1.54, 1.807) is 13.8 Å². The van der Waals surface area contributed by atoms with Crippen LogP contribution in [0.2, 0.25) is 0 Å². The highest BCUT2D eigenvalue weighted by atomic mass is 16.3. The molecule has 0 aromatic rings. The predicted octanol–water partition coefficient (Wildman–Crippen LogP) is 3.00. The second kappa shape index (κ2) is 10.1. The van der Waals surface area contributed by atoms with Gasteiger partial charge in [0.1, 0.15) is 0 Å². The van der Waals surface area contributed by atoms with Crippen LogP contribution in [0.4, 0.5) is 0 Å². The molecule has 2 aliphatic carbocycles. The number of hydrogen-bond acceptors (Lipinski definition) is 2. The van der Waals surface area contributed by atoms with Crippen LogP contribution in [0, 0.1) is 5.41 Å². The molecule has 0 radical (unpaired) electrons. The number of aliphatic hydroxyl groups excluding tert-OH is 2. The van der Waals surface area contributed by atoms with E-state index < -0.39 is 0 Å². The number of rotatable bonds is 2. The van der Waals surface area contributed by atoms with Crippen LogP contribution in [0.15, 0.2) is 48.6 Å². The fraction of sp³-hybridized carbons (Fsp3) is 0.467. The monoisotopic (exact) mass is 236 g/mol. The van der Waals surface area contributed by atoms with E-state index in [0.29, 0.717) is 0 Å².